The summed E-state index contributed by atoms with van der Waals surface area (Å²) in [5.41, 5.74) is -1.27. The molecule has 1 unspecified atom stereocenters. The van der Waals surface area contributed by atoms with Crippen LogP contribution in [0.2, 0.25) is 0 Å². The van der Waals surface area contributed by atoms with Gasteiger partial charge in [0, 0.05) is 3.57 Å². The van der Waals surface area contributed by atoms with Crippen molar-refractivity contribution in [3.05, 3.63) is 33.4 Å². The van der Waals surface area contributed by atoms with Gasteiger partial charge in [-0.15, -0.1) is 0 Å². The van der Waals surface area contributed by atoms with Crippen molar-refractivity contribution in [2.24, 2.45) is 0 Å². The van der Waals surface area contributed by atoms with Crippen LogP contribution in [0.4, 0.5) is 39.5 Å². The van der Waals surface area contributed by atoms with Gasteiger partial charge in [-0.05, 0) is 61.1 Å². The molecule has 0 saturated carbocycles. The lowest BCUT2D eigenvalue weighted by molar-refractivity contribution is -0.413. The van der Waals surface area contributed by atoms with Crippen LogP contribution in [0.1, 0.15) is 38.9 Å². The number of hydrogen-bond acceptors (Lipinski definition) is 2. The van der Waals surface area contributed by atoms with Gasteiger partial charge in [-0.25, -0.2) is 9.78 Å². The predicted molar refractivity (Wildman–Crippen MR) is 89.3 cm³/mol. The van der Waals surface area contributed by atoms with Crippen LogP contribution in [0.3, 0.4) is 0 Å². The maximum atomic E-state index is 14.0. The molecule has 0 aliphatic heterocycles. The quantitative estimate of drug-likeness (QED) is 0.162. The summed E-state index contributed by atoms with van der Waals surface area (Å²) >= 11 is 1.85. The van der Waals surface area contributed by atoms with E-state index in [4.69, 9.17) is 9.78 Å². The molecule has 0 heterocycles. The van der Waals surface area contributed by atoms with E-state index in [-0.39, 0.29) is 5.56 Å². The first-order chi connectivity index (χ1) is 12.3. The molecule has 0 N–H and O–H groups in total. The second kappa shape index (κ2) is 8.17. The average molecular weight is 538 g/mol. The molecule has 1 rings (SSSR count). The largest absolute Gasteiger partial charge is 0.460 e. The number of benzene rings is 1. The Morgan fingerprint density at radius 1 is 0.821 bits per heavy atom. The Labute approximate surface area is 168 Å². The van der Waals surface area contributed by atoms with Crippen molar-refractivity contribution in [2.45, 2.75) is 62.8 Å². The number of halogens is 10. The molecule has 0 spiro atoms. The third kappa shape index (κ3) is 5.65. The van der Waals surface area contributed by atoms with E-state index in [1.54, 1.807) is 0 Å². The van der Waals surface area contributed by atoms with Crippen LogP contribution in [0.5, 0.6) is 0 Å². The van der Waals surface area contributed by atoms with Crippen LogP contribution in [0.15, 0.2) is 24.3 Å². The maximum Gasteiger partial charge on any atom is 0.460 e. The molecule has 0 amide bonds. The second-order valence-electron chi connectivity index (χ2n) is 6.89. The molecule has 2 nitrogen and oxygen atoms in total. The molecule has 0 fully saturated rings. The molecule has 0 radical (unpaired) electrons. The summed E-state index contributed by atoms with van der Waals surface area (Å²) in [5, 5.41) is 0. The minimum absolute atomic E-state index is 0.171. The molecule has 0 bridgehead atoms. The van der Waals surface area contributed by atoms with Crippen LogP contribution in [0.25, 0.3) is 0 Å². The lowest BCUT2D eigenvalue weighted by Gasteiger charge is -2.35. The Morgan fingerprint density at radius 2 is 1.29 bits per heavy atom. The van der Waals surface area contributed by atoms with E-state index in [1.807, 2.05) is 22.6 Å². The van der Waals surface area contributed by atoms with Gasteiger partial charge in [0.25, 0.3) is 0 Å². The fourth-order valence-corrected chi connectivity index (χ4v) is 2.22. The Hall–Kier alpha value is -0.760. The molecule has 0 aliphatic carbocycles. The first-order valence-corrected chi connectivity index (χ1v) is 8.70. The Morgan fingerprint density at radius 3 is 1.68 bits per heavy atom. The van der Waals surface area contributed by atoms with Crippen LogP contribution in [-0.2, 0) is 9.78 Å². The molecule has 28 heavy (non-hydrogen) atoms. The van der Waals surface area contributed by atoms with Gasteiger partial charge in [-0.3, -0.25) is 0 Å². The van der Waals surface area contributed by atoms with E-state index < -0.39 is 42.1 Å². The summed E-state index contributed by atoms with van der Waals surface area (Å²) in [4.78, 5) is 9.52. The van der Waals surface area contributed by atoms with E-state index in [2.05, 4.69) is 0 Å². The Balaban J connectivity index is 3.25. The molecular weight excluding hydrogens is 522 g/mol. The lowest BCUT2D eigenvalue weighted by atomic mass is 9.95. The smallest absolute Gasteiger partial charge is 0.230 e. The minimum atomic E-state index is -6.95. The van der Waals surface area contributed by atoms with Crippen molar-refractivity contribution in [1.82, 2.24) is 0 Å². The summed E-state index contributed by atoms with van der Waals surface area (Å²) < 4.78 is 119. The molecule has 1 aromatic carbocycles. The molecule has 0 saturated heterocycles. The topological polar surface area (TPSA) is 18.5 Å². The highest BCUT2D eigenvalue weighted by atomic mass is 127. The molecule has 1 aromatic rings. The van der Waals surface area contributed by atoms with Crippen molar-refractivity contribution in [3.63, 3.8) is 0 Å². The molecule has 12 heteroatoms. The second-order valence-corrected chi connectivity index (χ2v) is 8.13. The van der Waals surface area contributed by atoms with Crippen molar-refractivity contribution in [3.8, 4) is 0 Å². The lowest BCUT2D eigenvalue weighted by Crippen LogP contribution is -2.61. The zero-order valence-corrected chi connectivity index (χ0v) is 16.8. The first-order valence-electron chi connectivity index (χ1n) is 7.62. The first kappa shape index (κ1) is 25.3. The SMILES string of the molecule is CC(C)(C)OOC(CC(F)(F)C(F)(F)C(F)(F)C(F)(F)F)c1ccc(I)cc1. The van der Waals surface area contributed by atoms with Crippen molar-refractivity contribution < 1.29 is 49.3 Å². The number of rotatable bonds is 7. The Bertz CT molecular complexity index is 652. The van der Waals surface area contributed by atoms with E-state index in [0.29, 0.717) is 3.57 Å². The van der Waals surface area contributed by atoms with E-state index in [1.165, 1.54) is 45.0 Å². The predicted octanol–water partition coefficient (Wildman–Crippen LogP) is 6.94. The van der Waals surface area contributed by atoms with Crippen molar-refractivity contribution in [2.75, 3.05) is 0 Å². The van der Waals surface area contributed by atoms with Crippen LogP contribution >= 0.6 is 22.6 Å². The standard InChI is InChI=1S/C16H16F9IO2/c1-12(2,3)28-27-11(9-4-6-10(26)7-5-9)8-13(17,18)14(19,20)15(21,22)16(23,24)25/h4-7,11H,8H2,1-3H3. The Kier molecular flexibility index (Phi) is 7.37. The van der Waals surface area contributed by atoms with Gasteiger partial charge in [0.1, 0.15) is 6.10 Å². The average Bonchev–Trinajstić information content (AvgIpc) is 2.50. The molecular formula is C16H16F9IO2. The zero-order valence-electron chi connectivity index (χ0n) is 14.7. The van der Waals surface area contributed by atoms with E-state index in [9.17, 15) is 39.5 Å². The van der Waals surface area contributed by atoms with Gasteiger partial charge < -0.3 is 0 Å². The maximum absolute atomic E-state index is 14.0. The van der Waals surface area contributed by atoms with Crippen molar-refractivity contribution >= 4 is 22.6 Å². The van der Waals surface area contributed by atoms with E-state index in [0.717, 1.165) is 0 Å². The third-order valence-corrected chi connectivity index (χ3v) is 4.03. The molecule has 162 valence electrons. The molecule has 0 aliphatic rings. The highest BCUT2D eigenvalue weighted by Crippen LogP contribution is 2.55. The van der Waals surface area contributed by atoms with E-state index >= 15 is 0 Å². The third-order valence-electron chi connectivity index (χ3n) is 3.31. The molecule has 0 aromatic heterocycles. The number of hydrogen-bond donors (Lipinski definition) is 0. The molecule has 1 atom stereocenters. The summed E-state index contributed by atoms with van der Waals surface area (Å²) in [5.74, 6) is -19.4. The summed E-state index contributed by atoms with van der Waals surface area (Å²) in [7, 11) is 0. The monoisotopic (exact) mass is 538 g/mol. The van der Waals surface area contributed by atoms with Gasteiger partial charge in [0.15, 0.2) is 0 Å². The zero-order chi connectivity index (χ0) is 22.2. The summed E-state index contributed by atoms with van der Waals surface area (Å²) in [6.07, 6.45) is -11.1. The fraction of sp³-hybridized carbons (Fsp3) is 0.625. The van der Waals surface area contributed by atoms with Crippen molar-refractivity contribution in [1.29, 1.82) is 0 Å². The van der Waals surface area contributed by atoms with Crippen LogP contribution in [-0.4, -0.2) is 29.5 Å². The van der Waals surface area contributed by atoms with Gasteiger partial charge in [-0.1, -0.05) is 12.1 Å². The number of alkyl halides is 9. The minimum Gasteiger partial charge on any atom is -0.230 e. The van der Waals surface area contributed by atoms with Gasteiger partial charge in [0.2, 0.25) is 0 Å². The highest BCUT2D eigenvalue weighted by Gasteiger charge is 2.81. The van der Waals surface area contributed by atoms with Gasteiger partial charge in [-0.2, -0.15) is 39.5 Å². The fourth-order valence-electron chi connectivity index (χ4n) is 1.86. The normalized spacial score (nSPS) is 15.6. The van der Waals surface area contributed by atoms with Crippen LogP contribution < -0.4 is 0 Å². The summed E-state index contributed by atoms with van der Waals surface area (Å²) in [6, 6.07) is 5.11. The highest BCUT2D eigenvalue weighted by molar-refractivity contribution is 14.1. The van der Waals surface area contributed by atoms with Gasteiger partial charge >= 0.3 is 23.9 Å². The van der Waals surface area contributed by atoms with Crippen LogP contribution in [0, 0.1) is 3.57 Å². The van der Waals surface area contributed by atoms with Gasteiger partial charge in [0.05, 0.1) is 12.0 Å². The summed E-state index contributed by atoms with van der Waals surface area (Å²) in [6.45, 7) is 4.26.